The second-order valence-electron chi connectivity index (χ2n) is 5.92. The highest BCUT2D eigenvalue weighted by molar-refractivity contribution is 5.82. The van der Waals surface area contributed by atoms with E-state index >= 15 is 0 Å². The molecular formula is C17H24N2O3. The van der Waals surface area contributed by atoms with E-state index < -0.39 is 5.97 Å². The fourth-order valence-corrected chi connectivity index (χ4v) is 2.68. The summed E-state index contributed by atoms with van der Waals surface area (Å²) in [7, 11) is 0. The van der Waals surface area contributed by atoms with Crippen molar-refractivity contribution in [1.82, 2.24) is 4.90 Å². The molecule has 1 heterocycles. The van der Waals surface area contributed by atoms with Crippen molar-refractivity contribution in [2.75, 3.05) is 31.1 Å². The van der Waals surface area contributed by atoms with E-state index in [0.717, 1.165) is 37.2 Å². The number of hydrogen-bond donors (Lipinski definition) is 1. The summed E-state index contributed by atoms with van der Waals surface area (Å²) in [6.07, 6.45) is 2.15. The van der Waals surface area contributed by atoms with Crippen LogP contribution in [-0.4, -0.2) is 48.1 Å². The lowest BCUT2D eigenvalue weighted by Crippen LogP contribution is -2.40. The zero-order valence-corrected chi connectivity index (χ0v) is 13.3. The van der Waals surface area contributed by atoms with Crippen LogP contribution >= 0.6 is 0 Å². The van der Waals surface area contributed by atoms with Gasteiger partial charge in [-0.05, 0) is 49.9 Å². The SMILES string of the molecule is Cc1ccc(N(CCC(=O)O)CC(=O)N2CCCC2)cc1C. The third-order valence-electron chi connectivity index (χ3n) is 4.24. The first-order valence-corrected chi connectivity index (χ1v) is 7.79. The number of carbonyl (C=O) groups is 2. The molecule has 22 heavy (non-hydrogen) atoms. The predicted octanol–water partition coefficient (Wildman–Crippen LogP) is 2.21. The summed E-state index contributed by atoms with van der Waals surface area (Å²) >= 11 is 0. The van der Waals surface area contributed by atoms with E-state index in [9.17, 15) is 9.59 Å². The molecule has 1 aromatic carbocycles. The van der Waals surface area contributed by atoms with Crippen molar-refractivity contribution < 1.29 is 14.7 Å². The highest BCUT2D eigenvalue weighted by Gasteiger charge is 2.21. The Kier molecular flexibility index (Phi) is 5.41. The van der Waals surface area contributed by atoms with Crippen molar-refractivity contribution in [2.24, 2.45) is 0 Å². The van der Waals surface area contributed by atoms with Crippen LogP contribution < -0.4 is 4.90 Å². The lowest BCUT2D eigenvalue weighted by atomic mass is 10.1. The van der Waals surface area contributed by atoms with Crippen LogP contribution in [0.4, 0.5) is 5.69 Å². The minimum atomic E-state index is -0.845. The molecule has 1 fully saturated rings. The Bertz CT molecular complexity index is 551. The minimum absolute atomic E-state index is 0.0280. The molecule has 0 unspecified atom stereocenters. The Hall–Kier alpha value is -2.04. The quantitative estimate of drug-likeness (QED) is 0.875. The van der Waals surface area contributed by atoms with Gasteiger partial charge in [-0.25, -0.2) is 0 Å². The molecule has 1 amide bonds. The molecule has 1 aliphatic rings. The lowest BCUT2D eigenvalue weighted by molar-refractivity contribution is -0.137. The lowest BCUT2D eigenvalue weighted by Gasteiger charge is -2.27. The first-order chi connectivity index (χ1) is 10.5. The molecule has 0 radical (unpaired) electrons. The van der Waals surface area contributed by atoms with Crippen LogP contribution in [0.5, 0.6) is 0 Å². The van der Waals surface area contributed by atoms with Gasteiger partial charge in [-0.15, -0.1) is 0 Å². The number of benzene rings is 1. The number of amides is 1. The number of carboxylic acids is 1. The number of likely N-dealkylation sites (tertiary alicyclic amines) is 1. The van der Waals surface area contributed by atoms with Crippen LogP contribution in [0.2, 0.25) is 0 Å². The number of anilines is 1. The summed E-state index contributed by atoms with van der Waals surface area (Å²) in [4.78, 5) is 27.0. The first kappa shape index (κ1) is 16.3. The van der Waals surface area contributed by atoms with Gasteiger partial charge in [-0.1, -0.05) is 6.07 Å². The van der Waals surface area contributed by atoms with Gasteiger partial charge in [0.15, 0.2) is 0 Å². The zero-order chi connectivity index (χ0) is 16.1. The van der Waals surface area contributed by atoms with Crippen LogP contribution in [0, 0.1) is 13.8 Å². The third kappa shape index (κ3) is 4.23. The molecule has 0 aromatic heterocycles. The molecule has 5 heteroatoms. The third-order valence-corrected chi connectivity index (χ3v) is 4.24. The summed E-state index contributed by atoms with van der Waals surface area (Å²) in [6, 6.07) is 5.99. The summed E-state index contributed by atoms with van der Waals surface area (Å²) in [5.74, 6) is -0.761. The number of aliphatic carboxylic acids is 1. The number of carboxylic acid groups (broad SMARTS) is 1. The summed E-state index contributed by atoms with van der Waals surface area (Å²) in [5, 5.41) is 8.93. The highest BCUT2D eigenvalue weighted by Crippen LogP contribution is 2.20. The summed E-state index contributed by atoms with van der Waals surface area (Å²) < 4.78 is 0. The molecule has 120 valence electrons. The van der Waals surface area contributed by atoms with Crippen LogP contribution in [0.25, 0.3) is 0 Å². The Morgan fingerprint density at radius 3 is 2.45 bits per heavy atom. The first-order valence-electron chi connectivity index (χ1n) is 7.79. The Balaban J connectivity index is 2.12. The van der Waals surface area contributed by atoms with E-state index in [-0.39, 0.29) is 18.9 Å². The standard InChI is InChI=1S/C17H24N2O3/c1-13-5-6-15(11-14(13)2)19(10-7-17(21)22)12-16(20)18-8-3-4-9-18/h5-6,11H,3-4,7-10,12H2,1-2H3,(H,21,22). The van der Waals surface area contributed by atoms with Crippen LogP contribution in [-0.2, 0) is 9.59 Å². The molecule has 1 N–H and O–H groups in total. The second kappa shape index (κ2) is 7.29. The molecule has 5 nitrogen and oxygen atoms in total. The maximum absolute atomic E-state index is 12.4. The number of aryl methyl sites for hydroxylation is 2. The predicted molar refractivity (Wildman–Crippen MR) is 86.2 cm³/mol. The number of hydrogen-bond acceptors (Lipinski definition) is 3. The Morgan fingerprint density at radius 2 is 1.86 bits per heavy atom. The van der Waals surface area contributed by atoms with E-state index in [2.05, 4.69) is 0 Å². The normalized spacial score (nSPS) is 14.2. The van der Waals surface area contributed by atoms with Crippen molar-refractivity contribution in [3.8, 4) is 0 Å². The topological polar surface area (TPSA) is 60.9 Å². The van der Waals surface area contributed by atoms with Crippen molar-refractivity contribution in [1.29, 1.82) is 0 Å². The second-order valence-corrected chi connectivity index (χ2v) is 5.92. The minimum Gasteiger partial charge on any atom is -0.481 e. The van der Waals surface area contributed by atoms with E-state index in [1.54, 1.807) is 0 Å². The molecule has 1 saturated heterocycles. The van der Waals surface area contributed by atoms with E-state index in [1.807, 2.05) is 41.8 Å². The number of nitrogens with zero attached hydrogens (tertiary/aromatic N) is 2. The largest absolute Gasteiger partial charge is 0.481 e. The average Bonchev–Trinajstić information content (AvgIpc) is 3.00. The van der Waals surface area contributed by atoms with Crippen molar-refractivity contribution in [3.63, 3.8) is 0 Å². The molecule has 0 aliphatic carbocycles. The molecule has 0 spiro atoms. The van der Waals surface area contributed by atoms with Gasteiger partial charge in [0.2, 0.25) is 5.91 Å². The van der Waals surface area contributed by atoms with Crippen LogP contribution in [0.15, 0.2) is 18.2 Å². The van der Waals surface area contributed by atoms with Gasteiger partial charge in [0.1, 0.15) is 0 Å². The van der Waals surface area contributed by atoms with Crippen molar-refractivity contribution in [3.05, 3.63) is 29.3 Å². The number of rotatable bonds is 6. The van der Waals surface area contributed by atoms with Crippen LogP contribution in [0.3, 0.4) is 0 Å². The van der Waals surface area contributed by atoms with Gasteiger partial charge in [0.05, 0.1) is 13.0 Å². The fraction of sp³-hybridized carbons (Fsp3) is 0.529. The van der Waals surface area contributed by atoms with Crippen molar-refractivity contribution >= 4 is 17.6 Å². The average molecular weight is 304 g/mol. The summed E-state index contributed by atoms with van der Waals surface area (Å²) in [5.41, 5.74) is 3.25. The number of carbonyl (C=O) groups excluding carboxylic acids is 1. The van der Waals surface area contributed by atoms with Crippen LogP contribution in [0.1, 0.15) is 30.4 Å². The summed E-state index contributed by atoms with van der Waals surface area (Å²) in [6.45, 7) is 6.29. The van der Waals surface area contributed by atoms with Gasteiger partial charge < -0.3 is 14.9 Å². The molecular weight excluding hydrogens is 280 g/mol. The monoisotopic (exact) mass is 304 g/mol. The molecule has 1 aromatic rings. The molecule has 0 atom stereocenters. The zero-order valence-electron chi connectivity index (χ0n) is 13.3. The van der Waals surface area contributed by atoms with Gasteiger partial charge in [0, 0.05) is 25.3 Å². The Morgan fingerprint density at radius 1 is 1.18 bits per heavy atom. The molecule has 0 bridgehead atoms. The molecule has 0 saturated carbocycles. The van der Waals surface area contributed by atoms with E-state index in [0.29, 0.717) is 6.54 Å². The maximum Gasteiger partial charge on any atom is 0.305 e. The van der Waals surface area contributed by atoms with Gasteiger partial charge in [0.25, 0.3) is 0 Å². The maximum atomic E-state index is 12.4. The molecule has 2 rings (SSSR count). The highest BCUT2D eigenvalue weighted by atomic mass is 16.4. The fourth-order valence-electron chi connectivity index (χ4n) is 2.68. The van der Waals surface area contributed by atoms with Gasteiger partial charge in [-0.3, -0.25) is 9.59 Å². The van der Waals surface area contributed by atoms with Gasteiger partial charge >= 0.3 is 5.97 Å². The Labute approximate surface area is 131 Å². The smallest absolute Gasteiger partial charge is 0.305 e. The van der Waals surface area contributed by atoms with E-state index in [1.165, 1.54) is 5.56 Å². The molecule has 1 aliphatic heterocycles. The van der Waals surface area contributed by atoms with Crippen molar-refractivity contribution in [2.45, 2.75) is 33.1 Å². The van der Waals surface area contributed by atoms with E-state index in [4.69, 9.17) is 5.11 Å². The van der Waals surface area contributed by atoms with Gasteiger partial charge in [-0.2, -0.15) is 0 Å².